The van der Waals surface area contributed by atoms with Gasteiger partial charge in [0, 0.05) is 29.1 Å². The fourth-order valence-corrected chi connectivity index (χ4v) is 4.51. The molecule has 3 heterocycles. The molecule has 0 saturated carbocycles. The van der Waals surface area contributed by atoms with Crippen LogP contribution in [0.5, 0.6) is 11.5 Å². The summed E-state index contributed by atoms with van der Waals surface area (Å²) in [4.78, 5) is 12.9. The van der Waals surface area contributed by atoms with Gasteiger partial charge in [-0.15, -0.1) is 0 Å². The zero-order valence-electron chi connectivity index (χ0n) is 18.1. The summed E-state index contributed by atoms with van der Waals surface area (Å²) in [5.41, 5.74) is 8.82. The molecule has 35 heavy (non-hydrogen) atoms. The molecular formula is C26H17F3N4O2. The second-order valence-corrected chi connectivity index (χ2v) is 8.33. The van der Waals surface area contributed by atoms with Crippen LogP contribution in [-0.4, -0.2) is 22.6 Å². The molecule has 4 aromatic rings. The lowest BCUT2D eigenvalue weighted by molar-refractivity contribution is -0.137. The third kappa shape index (κ3) is 3.47. The van der Waals surface area contributed by atoms with Crippen molar-refractivity contribution in [2.75, 3.05) is 6.61 Å². The first-order valence-electron chi connectivity index (χ1n) is 10.7. The van der Waals surface area contributed by atoms with Gasteiger partial charge >= 0.3 is 6.18 Å². The van der Waals surface area contributed by atoms with Crippen LogP contribution >= 0.6 is 0 Å². The van der Waals surface area contributed by atoms with Crippen molar-refractivity contribution in [1.82, 2.24) is 9.97 Å². The second kappa shape index (κ2) is 7.56. The molecule has 0 aliphatic carbocycles. The largest absolute Gasteiger partial charge is 0.462 e. The molecule has 6 nitrogen and oxygen atoms in total. The number of aromatic nitrogens is 2. The Morgan fingerprint density at radius 1 is 0.771 bits per heavy atom. The lowest BCUT2D eigenvalue weighted by atomic mass is 9.79. The fourth-order valence-electron chi connectivity index (χ4n) is 4.51. The molecule has 1 atom stereocenters. The van der Waals surface area contributed by atoms with Gasteiger partial charge in [0.25, 0.3) is 6.02 Å². The number of hydrogen-bond acceptors (Lipinski definition) is 6. The van der Waals surface area contributed by atoms with Crippen molar-refractivity contribution in [3.05, 3.63) is 96.1 Å². The van der Waals surface area contributed by atoms with Crippen molar-refractivity contribution in [2.45, 2.75) is 11.7 Å². The molecule has 0 radical (unpaired) electrons. The van der Waals surface area contributed by atoms with Crippen molar-refractivity contribution in [3.8, 4) is 33.8 Å². The average molecular weight is 474 g/mol. The standard InChI is InChI=1S/C26H17F3N4O2/c27-26(28,29)19-5-1-15(2-6-19)16-3-7-22-20(9-16)25(13-34-24(30)33-25)21-10-17(4-8-23(21)35-22)18-11-31-14-32-12-18/h1-12,14H,13H2,(H2,30,33)/t25-/m1/s1. The summed E-state index contributed by atoms with van der Waals surface area (Å²) in [6.45, 7) is 0.160. The van der Waals surface area contributed by atoms with Crippen LogP contribution in [-0.2, 0) is 16.5 Å². The number of nitrogens with two attached hydrogens (primary N) is 1. The first-order chi connectivity index (χ1) is 16.8. The number of ether oxygens (including phenoxy) is 2. The van der Waals surface area contributed by atoms with Crippen LogP contribution in [0.2, 0.25) is 0 Å². The SMILES string of the molecule is NC1=N[C@]2(CO1)c1cc(-c3ccc(C(F)(F)F)cc3)ccc1Oc1ccc(-c3cncnc3)cc12. The number of nitrogens with zero attached hydrogens (tertiary/aromatic N) is 3. The summed E-state index contributed by atoms with van der Waals surface area (Å²) in [5, 5.41) is 0. The molecule has 3 aromatic carbocycles. The third-order valence-electron chi connectivity index (χ3n) is 6.24. The minimum atomic E-state index is -4.40. The molecule has 1 spiro atoms. The quantitative estimate of drug-likeness (QED) is 0.414. The maximum atomic E-state index is 13.0. The van der Waals surface area contributed by atoms with Gasteiger partial charge < -0.3 is 15.2 Å². The Bertz CT molecular complexity index is 1470. The molecule has 6 rings (SSSR count). The minimum Gasteiger partial charge on any atom is -0.462 e. The van der Waals surface area contributed by atoms with Gasteiger partial charge in [-0.1, -0.05) is 24.3 Å². The molecule has 2 aliphatic rings. The van der Waals surface area contributed by atoms with Crippen LogP contribution in [0.1, 0.15) is 16.7 Å². The monoisotopic (exact) mass is 474 g/mol. The van der Waals surface area contributed by atoms with E-state index in [0.717, 1.165) is 34.4 Å². The van der Waals surface area contributed by atoms with E-state index in [0.29, 0.717) is 22.6 Å². The first kappa shape index (κ1) is 21.2. The Labute approximate surface area is 197 Å². The summed E-state index contributed by atoms with van der Waals surface area (Å²) in [6, 6.07) is 16.3. The molecular weight excluding hydrogens is 457 g/mol. The predicted molar refractivity (Wildman–Crippen MR) is 123 cm³/mol. The van der Waals surface area contributed by atoms with E-state index >= 15 is 0 Å². The highest BCUT2D eigenvalue weighted by molar-refractivity contribution is 5.79. The summed E-state index contributed by atoms with van der Waals surface area (Å²) in [6.07, 6.45) is 0.487. The zero-order valence-corrected chi connectivity index (χ0v) is 18.1. The molecule has 0 saturated heterocycles. The van der Waals surface area contributed by atoms with Gasteiger partial charge in [0.05, 0.1) is 5.56 Å². The molecule has 0 fully saturated rings. The van der Waals surface area contributed by atoms with Crippen molar-refractivity contribution in [2.24, 2.45) is 10.7 Å². The summed E-state index contributed by atoms with van der Waals surface area (Å²) >= 11 is 0. The molecule has 0 bridgehead atoms. The predicted octanol–water partition coefficient (Wildman–Crippen LogP) is 5.52. The van der Waals surface area contributed by atoms with Crippen LogP contribution < -0.4 is 10.5 Å². The number of rotatable bonds is 2. The van der Waals surface area contributed by atoms with E-state index in [9.17, 15) is 13.2 Å². The Kier molecular flexibility index (Phi) is 4.57. The Morgan fingerprint density at radius 3 is 1.89 bits per heavy atom. The van der Waals surface area contributed by atoms with Crippen LogP contribution in [0.4, 0.5) is 13.2 Å². The number of hydrogen-bond donors (Lipinski definition) is 1. The van der Waals surface area contributed by atoms with E-state index in [1.165, 1.54) is 18.5 Å². The van der Waals surface area contributed by atoms with Gasteiger partial charge in [-0.3, -0.25) is 0 Å². The summed E-state index contributed by atoms with van der Waals surface area (Å²) < 4.78 is 50.9. The molecule has 1 aromatic heterocycles. The smallest absolute Gasteiger partial charge is 0.416 e. The Balaban J connectivity index is 1.49. The maximum absolute atomic E-state index is 13.0. The normalized spacial score (nSPS) is 18.3. The molecule has 2 aliphatic heterocycles. The van der Waals surface area contributed by atoms with Gasteiger partial charge in [-0.25, -0.2) is 15.0 Å². The van der Waals surface area contributed by atoms with E-state index < -0.39 is 17.3 Å². The third-order valence-corrected chi connectivity index (χ3v) is 6.24. The molecule has 174 valence electrons. The number of halogens is 3. The number of alkyl halides is 3. The number of aliphatic imine (C=N–C) groups is 1. The molecule has 9 heteroatoms. The molecule has 2 N–H and O–H groups in total. The molecule has 0 amide bonds. The number of amidine groups is 1. The summed E-state index contributed by atoms with van der Waals surface area (Å²) in [5.74, 6) is 1.19. The topological polar surface area (TPSA) is 82.6 Å². The summed E-state index contributed by atoms with van der Waals surface area (Å²) in [7, 11) is 0. The van der Waals surface area contributed by atoms with E-state index in [2.05, 4.69) is 9.97 Å². The second-order valence-electron chi connectivity index (χ2n) is 8.33. The highest BCUT2D eigenvalue weighted by Crippen LogP contribution is 2.52. The van der Waals surface area contributed by atoms with Crippen molar-refractivity contribution in [1.29, 1.82) is 0 Å². The Hall–Kier alpha value is -4.40. The van der Waals surface area contributed by atoms with Crippen molar-refractivity contribution < 1.29 is 22.6 Å². The van der Waals surface area contributed by atoms with E-state index in [4.69, 9.17) is 20.2 Å². The lowest BCUT2D eigenvalue weighted by Crippen LogP contribution is -2.31. The first-order valence-corrected chi connectivity index (χ1v) is 10.7. The highest BCUT2D eigenvalue weighted by atomic mass is 19.4. The highest BCUT2D eigenvalue weighted by Gasteiger charge is 2.47. The zero-order chi connectivity index (χ0) is 24.2. The lowest BCUT2D eigenvalue weighted by Gasteiger charge is -2.34. The van der Waals surface area contributed by atoms with Crippen molar-refractivity contribution >= 4 is 6.02 Å². The Morgan fingerprint density at radius 2 is 1.34 bits per heavy atom. The maximum Gasteiger partial charge on any atom is 0.416 e. The van der Waals surface area contributed by atoms with E-state index in [1.54, 1.807) is 24.5 Å². The fraction of sp³-hybridized carbons (Fsp3) is 0.115. The van der Waals surface area contributed by atoms with Gasteiger partial charge in [0.1, 0.15) is 24.4 Å². The minimum absolute atomic E-state index is 0.0529. The number of fused-ring (bicyclic) bond motifs is 4. The van der Waals surface area contributed by atoms with Gasteiger partial charge in [-0.05, 0) is 53.1 Å². The number of benzene rings is 3. The van der Waals surface area contributed by atoms with Gasteiger partial charge in [-0.2, -0.15) is 13.2 Å². The van der Waals surface area contributed by atoms with Gasteiger partial charge in [0.2, 0.25) is 0 Å². The van der Waals surface area contributed by atoms with E-state index in [-0.39, 0.29) is 12.6 Å². The van der Waals surface area contributed by atoms with Crippen LogP contribution in [0.15, 0.2) is 84.4 Å². The average Bonchev–Trinajstić information content (AvgIpc) is 3.26. The van der Waals surface area contributed by atoms with Crippen LogP contribution in [0.3, 0.4) is 0 Å². The molecule has 0 unspecified atom stereocenters. The van der Waals surface area contributed by atoms with Crippen molar-refractivity contribution in [3.63, 3.8) is 0 Å². The van der Waals surface area contributed by atoms with Gasteiger partial charge in [0.15, 0.2) is 5.54 Å². The van der Waals surface area contributed by atoms with E-state index in [1.807, 2.05) is 24.3 Å². The van der Waals surface area contributed by atoms with Crippen LogP contribution in [0.25, 0.3) is 22.3 Å². The van der Waals surface area contributed by atoms with Crippen LogP contribution in [0, 0.1) is 0 Å².